The Morgan fingerprint density at radius 2 is 0.763 bits per heavy atom. The Labute approximate surface area is 572 Å². The molecule has 97 heavy (non-hydrogen) atoms. The molecule has 0 radical (unpaired) electrons. The standard InChI is InChI=1S/C22H22N4O2.C19H17N3O2.C17H13FN4O.C17H14N4O.9H2/c1-16-21(22(27)24-18-5-3-2-4-6-18)25-20(15-23-16)17-7-9-19(10-8-17)26-11-13-28-14-12-26;1-13-18(19(24)21-16-5-3-2-4-6-16)22-17(11-20-13)15-9-7-14(12-23)8-10-15;18-13-9-5-4-8-12(13)14-10-20-16(19)15(22-14)17(23)21-11-6-2-1-3-7-11;18-16-15(17(22)20-13-9-5-2-6-10-13)21-14(11-19-16)12-7-3-1-4-8-12;;;;;;;;;/h2-10,15H,11-14H2,1H3,(H,24,27);2-11,23H,12H2,1H3,(H,21,24);1-10H,(H2,19,20)(H,21,23);1-11H,(H2,18,19)(H,20,22);9*1H. The monoisotopic (exact) mass is 1310 g/mol. The molecule has 8 aromatic carbocycles. The van der Waals surface area contributed by atoms with Crippen LogP contribution in [0, 0.1) is 19.7 Å². The molecule has 4 aromatic heterocycles. The Morgan fingerprint density at radius 3 is 1.18 bits per heavy atom. The summed E-state index contributed by atoms with van der Waals surface area (Å²) in [4.78, 5) is 86.3. The van der Waals surface area contributed by atoms with E-state index in [1.807, 2.05) is 152 Å². The topological polar surface area (TPSA) is 304 Å². The van der Waals surface area contributed by atoms with E-state index in [0.717, 1.165) is 59.9 Å². The number of benzene rings is 8. The van der Waals surface area contributed by atoms with Gasteiger partial charge in [-0.3, -0.25) is 29.1 Å². The number of aliphatic hydroxyl groups is 1. The van der Waals surface area contributed by atoms with Gasteiger partial charge in [0.2, 0.25) is 0 Å². The van der Waals surface area contributed by atoms with Crippen molar-refractivity contribution in [3.63, 3.8) is 0 Å². The maximum atomic E-state index is 13.9. The first kappa shape index (κ1) is 67.1. The number of para-hydroxylation sites is 4. The number of halogens is 1. The lowest BCUT2D eigenvalue weighted by molar-refractivity contribution is 0.101. The number of aromatic nitrogens is 8. The van der Waals surface area contributed by atoms with Crippen molar-refractivity contribution in [2.24, 2.45) is 0 Å². The minimum Gasteiger partial charge on any atom is -0.392 e. The number of nitrogens with zero attached hydrogens (tertiary/aromatic N) is 9. The van der Waals surface area contributed by atoms with Gasteiger partial charge in [0.15, 0.2) is 23.0 Å². The van der Waals surface area contributed by atoms with E-state index in [0.29, 0.717) is 56.9 Å². The summed E-state index contributed by atoms with van der Waals surface area (Å²) in [7, 11) is 0. The zero-order valence-corrected chi connectivity index (χ0v) is 52.8. The Hall–Kier alpha value is -12.8. The number of aliphatic hydroxyl groups excluding tert-OH is 1. The van der Waals surface area contributed by atoms with Crippen molar-refractivity contribution in [2.45, 2.75) is 20.5 Å². The van der Waals surface area contributed by atoms with Crippen LogP contribution in [0.15, 0.2) is 249 Å². The van der Waals surface area contributed by atoms with Gasteiger partial charge in [0.25, 0.3) is 23.6 Å². The summed E-state index contributed by atoms with van der Waals surface area (Å²) < 4.78 is 19.3. The van der Waals surface area contributed by atoms with E-state index >= 15 is 0 Å². The SMILES string of the molecule is Cc1ncc(-c2ccc(CO)cc2)nc1C(=O)Nc1ccccc1.Cc1ncc(-c2ccc(N3CCOCC3)cc2)nc1C(=O)Nc1ccccc1.Nc1ncc(-c2ccccc2)nc1C(=O)Nc1ccccc1.Nc1ncc(-c2ccccc2F)nc1C(=O)Nc1ccccc1.[HH].[HH].[HH].[HH].[HH].[HH].[HH].[HH].[HH]. The fourth-order valence-electron chi connectivity index (χ4n) is 9.58. The summed E-state index contributed by atoms with van der Waals surface area (Å²) >= 11 is 0. The molecule has 0 atom stereocenters. The van der Waals surface area contributed by atoms with Crippen LogP contribution in [0.2, 0.25) is 0 Å². The molecule has 13 rings (SSSR count). The van der Waals surface area contributed by atoms with E-state index in [1.165, 1.54) is 12.3 Å². The van der Waals surface area contributed by atoms with E-state index in [-0.39, 0.29) is 71.4 Å². The van der Waals surface area contributed by atoms with Crippen molar-refractivity contribution in [3.05, 3.63) is 295 Å². The Kier molecular flexibility index (Phi) is 22.9. The van der Waals surface area contributed by atoms with Crippen LogP contribution in [0.5, 0.6) is 0 Å². The fraction of sp³-hybridized carbons (Fsp3) is 0.0933. The maximum Gasteiger partial charge on any atom is 0.278 e. The molecule has 0 aliphatic carbocycles. The molecule has 22 heteroatoms. The van der Waals surface area contributed by atoms with Crippen LogP contribution in [0.4, 0.5) is 44.5 Å². The van der Waals surface area contributed by atoms with Gasteiger partial charge in [0.05, 0.1) is 78.8 Å². The largest absolute Gasteiger partial charge is 0.392 e. The predicted molar refractivity (Wildman–Crippen MR) is 394 cm³/mol. The van der Waals surface area contributed by atoms with Gasteiger partial charge in [0, 0.05) is 76.6 Å². The molecule has 1 aliphatic heterocycles. The predicted octanol–water partition coefficient (Wildman–Crippen LogP) is 15.0. The van der Waals surface area contributed by atoms with Crippen LogP contribution in [0.3, 0.4) is 0 Å². The first-order valence-electron chi connectivity index (χ1n) is 30.6. The molecule has 9 N–H and O–H groups in total. The molecule has 502 valence electrons. The Morgan fingerprint density at radius 1 is 0.433 bits per heavy atom. The molecule has 5 heterocycles. The lowest BCUT2D eigenvalue weighted by Gasteiger charge is -2.28. The van der Waals surface area contributed by atoms with Crippen molar-refractivity contribution >= 4 is 63.7 Å². The molecule has 0 bridgehead atoms. The number of amides is 4. The van der Waals surface area contributed by atoms with Gasteiger partial charge < -0.3 is 47.5 Å². The van der Waals surface area contributed by atoms with Gasteiger partial charge >= 0.3 is 0 Å². The Bertz CT molecular complexity index is 4660. The van der Waals surface area contributed by atoms with Crippen molar-refractivity contribution in [2.75, 3.05) is 63.9 Å². The van der Waals surface area contributed by atoms with Crippen molar-refractivity contribution in [3.8, 4) is 45.0 Å². The summed E-state index contributed by atoms with van der Waals surface area (Å²) in [5.41, 5.74) is 23.1. The zero-order valence-electron chi connectivity index (χ0n) is 52.8. The number of nitrogens with one attached hydrogen (secondary N) is 4. The lowest BCUT2D eigenvalue weighted by Crippen LogP contribution is -2.36. The van der Waals surface area contributed by atoms with Gasteiger partial charge in [-0.2, -0.15) is 0 Å². The number of carbonyl (C=O) groups excluding carboxylic acids is 4. The van der Waals surface area contributed by atoms with Crippen LogP contribution >= 0.6 is 0 Å². The summed E-state index contributed by atoms with van der Waals surface area (Å²) in [6, 6.07) is 67.8. The van der Waals surface area contributed by atoms with Gasteiger partial charge in [-0.25, -0.2) is 34.3 Å². The van der Waals surface area contributed by atoms with E-state index < -0.39 is 11.7 Å². The van der Waals surface area contributed by atoms with Crippen molar-refractivity contribution < 1.29 is 46.3 Å². The number of aryl methyl sites for hydroxylation is 2. The van der Waals surface area contributed by atoms with Crippen LogP contribution in [0.25, 0.3) is 45.0 Å². The van der Waals surface area contributed by atoms with Gasteiger partial charge in [-0.15, -0.1) is 0 Å². The minimum atomic E-state index is -0.501. The molecule has 0 saturated carbocycles. The highest BCUT2D eigenvalue weighted by Crippen LogP contribution is 2.26. The third kappa shape index (κ3) is 18.5. The number of hydrogen-bond donors (Lipinski definition) is 7. The Balaban J connectivity index is 0.000000690. The first-order valence-corrected chi connectivity index (χ1v) is 30.6. The molecular weight excluding hydrogens is 1230 g/mol. The van der Waals surface area contributed by atoms with Gasteiger partial charge in [-0.1, -0.05) is 152 Å². The van der Waals surface area contributed by atoms with Gasteiger partial charge in [0.1, 0.15) is 17.2 Å². The highest BCUT2D eigenvalue weighted by Gasteiger charge is 2.20. The number of rotatable bonds is 14. The number of nitrogens with two attached hydrogens (primary N) is 2. The minimum absolute atomic E-state index is 0. The molecule has 1 saturated heterocycles. The number of morpholine rings is 1. The van der Waals surface area contributed by atoms with Gasteiger partial charge in [-0.05, 0) is 92.2 Å². The van der Waals surface area contributed by atoms with Crippen LogP contribution in [-0.2, 0) is 11.3 Å². The normalized spacial score (nSPS) is 11.4. The average Bonchev–Trinajstić information content (AvgIpc) is 0.833. The molecular formula is C75H84FN15O6. The molecule has 1 aliphatic rings. The number of hydrogen-bond acceptors (Lipinski definition) is 17. The maximum absolute atomic E-state index is 13.9. The highest BCUT2D eigenvalue weighted by atomic mass is 19.1. The van der Waals surface area contributed by atoms with E-state index in [2.05, 4.69) is 78.2 Å². The summed E-state index contributed by atoms with van der Waals surface area (Å²) in [5, 5.41) is 20.2. The molecule has 1 fully saturated rings. The van der Waals surface area contributed by atoms with Crippen molar-refractivity contribution in [1.29, 1.82) is 0 Å². The highest BCUT2D eigenvalue weighted by molar-refractivity contribution is 6.07. The molecule has 4 amide bonds. The third-order valence-corrected chi connectivity index (χ3v) is 14.7. The van der Waals surface area contributed by atoms with E-state index in [4.69, 9.17) is 21.3 Å². The molecule has 12 aromatic rings. The van der Waals surface area contributed by atoms with E-state index in [9.17, 15) is 23.6 Å². The smallest absolute Gasteiger partial charge is 0.278 e. The summed E-state index contributed by atoms with van der Waals surface area (Å²) in [6.07, 6.45) is 6.25. The van der Waals surface area contributed by atoms with Crippen molar-refractivity contribution in [1.82, 2.24) is 39.9 Å². The first-order chi connectivity index (χ1) is 47.3. The summed E-state index contributed by atoms with van der Waals surface area (Å²) in [6.45, 7) is 6.84. The second kappa shape index (κ2) is 33.2. The quantitative estimate of drug-likeness (QED) is 0.0532. The van der Waals surface area contributed by atoms with Crippen LogP contribution in [-0.4, -0.2) is 94.9 Å². The van der Waals surface area contributed by atoms with Crippen LogP contribution < -0.4 is 37.6 Å². The summed E-state index contributed by atoms with van der Waals surface area (Å²) in [5.74, 6) is -1.79. The molecule has 0 unspecified atom stereocenters. The second-order valence-electron chi connectivity index (χ2n) is 21.5. The number of anilines is 7. The zero-order chi connectivity index (χ0) is 67.9. The fourth-order valence-corrected chi connectivity index (χ4v) is 9.58. The van der Waals surface area contributed by atoms with Crippen LogP contribution in [0.1, 0.15) is 71.7 Å². The number of ether oxygens (including phenoxy) is 1. The average molecular weight is 1310 g/mol. The number of carbonyl (C=O) groups is 4. The van der Waals surface area contributed by atoms with E-state index in [1.54, 1.807) is 87.0 Å². The molecule has 21 nitrogen and oxygen atoms in total. The number of nitrogen functional groups attached to an aromatic ring is 2. The second-order valence-corrected chi connectivity index (χ2v) is 21.5. The third-order valence-electron chi connectivity index (χ3n) is 14.7. The lowest BCUT2D eigenvalue weighted by atomic mass is 10.1. The molecule has 0 spiro atoms.